The van der Waals surface area contributed by atoms with Gasteiger partial charge >= 0.3 is 11.6 Å². The number of carbonyl (C=O) groups is 2. The Morgan fingerprint density at radius 2 is 1.68 bits per heavy atom. The topological polar surface area (TPSA) is 110 Å². The van der Waals surface area contributed by atoms with Crippen LogP contribution in [0.1, 0.15) is 22.3 Å². The average Bonchev–Trinajstić information content (AvgIpc) is 3.32. The molecule has 2 heterocycles. The number of amides is 1. The molecule has 0 bridgehead atoms. The van der Waals surface area contributed by atoms with E-state index in [-0.39, 0.29) is 24.2 Å². The predicted octanol–water partition coefficient (Wildman–Crippen LogP) is 5.32. The molecule has 3 aromatic carbocycles. The van der Waals surface area contributed by atoms with Crippen molar-refractivity contribution in [3.05, 3.63) is 105 Å². The monoisotopic (exact) mass is 513 g/mol. The van der Waals surface area contributed by atoms with Gasteiger partial charge in [-0.2, -0.15) is 0 Å². The van der Waals surface area contributed by atoms with Gasteiger partial charge in [0.05, 0.1) is 18.2 Å². The van der Waals surface area contributed by atoms with E-state index in [1.807, 2.05) is 12.1 Å². The maximum absolute atomic E-state index is 13.5. The van der Waals surface area contributed by atoms with Gasteiger partial charge in [-0.05, 0) is 48.7 Å². The lowest BCUT2D eigenvalue weighted by molar-refractivity contribution is -0.141. The van der Waals surface area contributed by atoms with E-state index in [1.54, 1.807) is 56.5 Å². The summed E-state index contributed by atoms with van der Waals surface area (Å²) < 4.78 is 24.9. The number of hydrogen-bond acceptors (Lipinski definition) is 5. The third-order valence-corrected chi connectivity index (χ3v) is 6.75. The highest BCUT2D eigenvalue weighted by molar-refractivity contribution is 6.05. The molecule has 7 nitrogen and oxygen atoms in total. The SMILES string of the molecule is Cc1c(CC(=O)N[C@@H](Cc2ccccc2)C(=O)O)c(=O)oc2c(C)c3occ(-c4ccc(F)cc4)c3cc12. The van der Waals surface area contributed by atoms with E-state index in [0.717, 1.165) is 22.1 Å². The molecule has 0 aliphatic heterocycles. The Balaban J connectivity index is 1.50. The van der Waals surface area contributed by atoms with E-state index >= 15 is 0 Å². The van der Waals surface area contributed by atoms with Gasteiger partial charge < -0.3 is 19.3 Å². The average molecular weight is 514 g/mol. The molecule has 0 unspecified atom stereocenters. The van der Waals surface area contributed by atoms with Crippen molar-refractivity contribution in [3.8, 4) is 11.1 Å². The van der Waals surface area contributed by atoms with Crippen LogP contribution in [0.2, 0.25) is 0 Å². The van der Waals surface area contributed by atoms with Gasteiger partial charge in [-0.15, -0.1) is 0 Å². The zero-order valence-corrected chi connectivity index (χ0v) is 20.7. The van der Waals surface area contributed by atoms with Crippen molar-refractivity contribution >= 4 is 33.8 Å². The molecule has 8 heteroatoms. The van der Waals surface area contributed by atoms with Crippen LogP contribution in [0.4, 0.5) is 4.39 Å². The summed E-state index contributed by atoms with van der Waals surface area (Å²) in [5.41, 5.74) is 3.80. The highest BCUT2D eigenvalue weighted by Crippen LogP contribution is 2.37. The summed E-state index contributed by atoms with van der Waals surface area (Å²) in [6.07, 6.45) is 1.34. The minimum absolute atomic E-state index is 0.108. The Labute approximate surface area is 216 Å². The van der Waals surface area contributed by atoms with Crippen molar-refractivity contribution in [2.45, 2.75) is 32.7 Å². The highest BCUT2D eigenvalue weighted by atomic mass is 19.1. The number of hydrogen-bond donors (Lipinski definition) is 2. The number of aryl methyl sites for hydroxylation is 2. The number of carbonyl (C=O) groups excluding carboxylic acids is 1. The van der Waals surface area contributed by atoms with Crippen molar-refractivity contribution in [2.24, 2.45) is 0 Å². The Morgan fingerprint density at radius 1 is 0.974 bits per heavy atom. The molecule has 5 aromatic rings. The Hall–Kier alpha value is -4.72. The predicted molar refractivity (Wildman–Crippen MR) is 141 cm³/mol. The lowest BCUT2D eigenvalue weighted by atomic mass is 9.97. The van der Waals surface area contributed by atoms with Gasteiger partial charge in [0.2, 0.25) is 5.91 Å². The van der Waals surface area contributed by atoms with Gasteiger partial charge in [-0.3, -0.25) is 4.79 Å². The van der Waals surface area contributed by atoms with E-state index in [4.69, 9.17) is 8.83 Å². The third-order valence-electron chi connectivity index (χ3n) is 6.75. The summed E-state index contributed by atoms with van der Waals surface area (Å²) in [7, 11) is 0. The molecule has 0 fully saturated rings. The van der Waals surface area contributed by atoms with Crippen LogP contribution in [0.25, 0.3) is 33.1 Å². The van der Waals surface area contributed by atoms with Crippen LogP contribution >= 0.6 is 0 Å². The lowest BCUT2D eigenvalue weighted by Gasteiger charge is -2.15. The fourth-order valence-electron chi connectivity index (χ4n) is 4.71. The fourth-order valence-corrected chi connectivity index (χ4v) is 4.71. The Bertz CT molecular complexity index is 1740. The van der Waals surface area contributed by atoms with Gasteiger partial charge in [0.15, 0.2) is 0 Å². The van der Waals surface area contributed by atoms with Crippen molar-refractivity contribution in [2.75, 3.05) is 0 Å². The molecule has 5 rings (SSSR count). The van der Waals surface area contributed by atoms with E-state index in [9.17, 15) is 23.9 Å². The van der Waals surface area contributed by atoms with Gasteiger partial charge in [-0.25, -0.2) is 14.0 Å². The Kier molecular flexibility index (Phi) is 6.55. The normalized spacial score (nSPS) is 12.1. The van der Waals surface area contributed by atoms with Crippen molar-refractivity contribution in [1.82, 2.24) is 5.32 Å². The maximum atomic E-state index is 13.5. The van der Waals surface area contributed by atoms with Crippen LogP contribution in [0.15, 0.2) is 80.6 Å². The number of furan rings is 1. The largest absolute Gasteiger partial charge is 0.480 e. The smallest absolute Gasteiger partial charge is 0.340 e. The van der Waals surface area contributed by atoms with Gasteiger partial charge in [0.1, 0.15) is 23.0 Å². The molecule has 1 amide bonds. The molecule has 0 aliphatic rings. The molecule has 0 radical (unpaired) electrons. The first-order valence-corrected chi connectivity index (χ1v) is 12.0. The molecular weight excluding hydrogens is 489 g/mol. The summed E-state index contributed by atoms with van der Waals surface area (Å²) in [4.78, 5) is 37.6. The minimum Gasteiger partial charge on any atom is -0.480 e. The second-order valence-corrected chi connectivity index (χ2v) is 9.23. The van der Waals surface area contributed by atoms with E-state index in [2.05, 4.69) is 5.32 Å². The van der Waals surface area contributed by atoms with Gasteiger partial charge in [-0.1, -0.05) is 42.5 Å². The zero-order chi connectivity index (χ0) is 27.0. The first kappa shape index (κ1) is 25.0. The molecule has 38 heavy (non-hydrogen) atoms. The molecule has 0 spiro atoms. The number of carboxylic acid groups (broad SMARTS) is 1. The van der Waals surface area contributed by atoms with Crippen LogP contribution in [-0.2, 0) is 22.4 Å². The van der Waals surface area contributed by atoms with Crippen LogP contribution in [0, 0.1) is 19.7 Å². The fraction of sp³-hybridized carbons (Fsp3) is 0.167. The quantitative estimate of drug-likeness (QED) is 0.285. The molecular formula is C30H24FNO6. The maximum Gasteiger partial charge on any atom is 0.340 e. The van der Waals surface area contributed by atoms with E-state index in [0.29, 0.717) is 27.7 Å². The number of aliphatic carboxylic acids is 1. The summed E-state index contributed by atoms with van der Waals surface area (Å²) in [5.74, 6) is -2.12. The van der Waals surface area contributed by atoms with Crippen molar-refractivity contribution in [1.29, 1.82) is 0 Å². The van der Waals surface area contributed by atoms with E-state index in [1.165, 1.54) is 12.1 Å². The molecule has 0 saturated carbocycles. The Morgan fingerprint density at radius 3 is 2.37 bits per heavy atom. The summed E-state index contributed by atoms with van der Waals surface area (Å²) >= 11 is 0. The molecule has 192 valence electrons. The summed E-state index contributed by atoms with van der Waals surface area (Å²) in [5, 5.41) is 13.5. The van der Waals surface area contributed by atoms with Crippen LogP contribution in [0.3, 0.4) is 0 Å². The number of nitrogens with one attached hydrogen (secondary N) is 1. The number of carboxylic acids is 1. The number of benzene rings is 3. The zero-order valence-electron chi connectivity index (χ0n) is 20.7. The summed E-state index contributed by atoms with van der Waals surface area (Å²) in [6, 6.07) is 15.7. The van der Waals surface area contributed by atoms with Crippen LogP contribution in [-0.4, -0.2) is 23.0 Å². The first-order valence-electron chi connectivity index (χ1n) is 12.0. The molecule has 0 aliphatic carbocycles. The molecule has 2 aromatic heterocycles. The standard InChI is InChI=1S/C30H24FNO6/c1-16-21-13-23-24(19-8-10-20(31)11-9-19)15-37-27(23)17(2)28(21)38-30(36)22(16)14-26(33)32-25(29(34)35)12-18-6-4-3-5-7-18/h3-11,13,15,25H,12,14H2,1-2H3,(H,32,33)(H,34,35)/t25-/m0/s1. The third kappa shape index (κ3) is 4.68. The minimum atomic E-state index is -1.17. The van der Waals surface area contributed by atoms with Crippen LogP contribution < -0.4 is 10.9 Å². The second-order valence-electron chi connectivity index (χ2n) is 9.23. The second kappa shape index (κ2) is 9.97. The molecule has 1 atom stereocenters. The van der Waals surface area contributed by atoms with Gasteiger partial charge in [0, 0.05) is 28.3 Å². The van der Waals surface area contributed by atoms with Gasteiger partial charge in [0.25, 0.3) is 0 Å². The first-order chi connectivity index (χ1) is 18.2. The van der Waals surface area contributed by atoms with Crippen LogP contribution in [0.5, 0.6) is 0 Å². The molecule has 0 saturated heterocycles. The number of fused-ring (bicyclic) bond motifs is 2. The highest BCUT2D eigenvalue weighted by Gasteiger charge is 2.24. The van der Waals surface area contributed by atoms with E-state index < -0.39 is 23.5 Å². The number of rotatable bonds is 7. The number of halogens is 1. The van der Waals surface area contributed by atoms with Crippen molar-refractivity contribution in [3.63, 3.8) is 0 Å². The molecule has 2 N–H and O–H groups in total. The summed E-state index contributed by atoms with van der Waals surface area (Å²) in [6.45, 7) is 3.50. The lowest BCUT2D eigenvalue weighted by Crippen LogP contribution is -2.43. The van der Waals surface area contributed by atoms with Crippen molar-refractivity contribution < 1.29 is 27.9 Å².